The Kier molecular flexibility index (Phi) is 7.43. The van der Waals surface area contributed by atoms with Gasteiger partial charge < -0.3 is 10.6 Å². The van der Waals surface area contributed by atoms with Crippen LogP contribution in [0, 0.1) is 5.92 Å². The third-order valence-corrected chi connectivity index (χ3v) is 3.63. The van der Waals surface area contributed by atoms with Gasteiger partial charge in [-0.15, -0.1) is 0 Å². The average molecular weight is 288 g/mol. The monoisotopic (exact) mass is 288 g/mol. The molecular weight excluding hydrogens is 269 g/mol. The maximum Gasteiger partial charge on any atom is 0.399 e. The lowest BCUT2D eigenvalue weighted by atomic mass is 10.1. The molecule has 2 nitrogen and oxygen atoms in total. The van der Waals surface area contributed by atoms with Crippen LogP contribution < -0.4 is 5.73 Å². The van der Waals surface area contributed by atoms with Gasteiger partial charge >= 0.3 is 6.18 Å². The first kappa shape index (κ1) is 17.0. The van der Waals surface area contributed by atoms with Crippen LogP contribution in [0.2, 0.25) is 0 Å². The van der Waals surface area contributed by atoms with Gasteiger partial charge in [0, 0.05) is 12.6 Å². The zero-order chi connectivity index (χ0) is 13.6. The van der Waals surface area contributed by atoms with Crippen molar-refractivity contribution in [3.05, 3.63) is 0 Å². The Bertz CT molecular complexity index is 246. The van der Waals surface area contributed by atoms with Gasteiger partial charge in [-0.3, -0.25) is 0 Å². The number of thioether (sulfide) groups is 1. The highest BCUT2D eigenvalue weighted by atomic mass is 32.2. The molecule has 0 saturated heterocycles. The number of thiocarbonyl (C=S) groups is 1. The number of hydrogen-bond acceptors (Lipinski definition) is 3. The van der Waals surface area contributed by atoms with Crippen molar-refractivity contribution in [3.8, 4) is 0 Å². The fourth-order valence-corrected chi connectivity index (χ4v) is 2.12. The highest BCUT2D eigenvalue weighted by Gasteiger charge is 2.42. The topological polar surface area (TPSA) is 29.3 Å². The molecular formula is C10H19F3N2S2. The molecule has 0 aliphatic heterocycles. The Morgan fingerprint density at radius 2 is 2.00 bits per heavy atom. The lowest BCUT2D eigenvalue weighted by Gasteiger charge is -2.29. The van der Waals surface area contributed by atoms with Crippen LogP contribution in [0.4, 0.5) is 13.2 Å². The van der Waals surface area contributed by atoms with E-state index in [9.17, 15) is 13.2 Å². The summed E-state index contributed by atoms with van der Waals surface area (Å²) in [5.74, 6) is -0.797. The fraction of sp³-hybridized carbons (Fsp3) is 0.900. The predicted octanol–water partition coefficient (Wildman–Crippen LogP) is 2.52. The van der Waals surface area contributed by atoms with Gasteiger partial charge in [-0.1, -0.05) is 12.2 Å². The third-order valence-electron chi connectivity index (χ3n) is 2.70. The number of halogens is 3. The largest absolute Gasteiger partial charge is 0.399 e. The van der Waals surface area contributed by atoms with Crippen LogP contribution >= 0.6 is 24.0 Å². The van der Waals surface area contributed by atoms with Crippen LogP contribution in [-0.2, 0) is 0 Å². The second kappa shape index (κ2) is 7.43. The summed E-state index contributed by atoms with van der Waals surface area (Å²) in [4.78, 5) is 1.18. The summed E-state index contributed by atoms with van der Waals surface area (Å²) in [7, 11) is 1.67. The molecule has 0 radical (unpaired) electrons. The molecule has 0 aliphatic carbocycles. The standard InChI is InChI=1S/C10H19F3N2S2/c1-7(4-5-17-3)15(2)6-8(9(14)16)10(11,12)13/h7-8H,4-6H2,1-3H3,(H2,14,16). The highest BCUT2D eigenvalue weighted by Crippen LogP contribution is 2.27. The summed E-state index contributed by atoms with van der Waals surface area (Å²) in [6.45, 7) is 1.73. The first-order valence-electron chi connectivity index (χ1n) is 5.25. The maximum absolute atomic E-state index is 12.6. The number of hydrogen-bond donors (Lipinski definition) is 1. The van der Waals surface area contributed by atoms with Crippen molar-refractivity contribution in [3.63, 3.8) is 0 Å². The van der Waals surface area contributed by atoms with Crippen LogP contribution in [0.15, 0.2) is 0 Å². The van der Waals surface area contributed by atoms with E-state index in [4.69, 9.17) is 5.73 Å². The normalized spacial score (nSPS) is 15.9. The molecule has 0 rings (SSSR count). The zero-order valence-electron chi connectivity index (χ0n) is 10.3. The van der Waals surface area contributed by atoms with Crippen molar-refractivity contribution in [1.82, 2.24) is 4.90 Å². The van der Waals surface area contributed by atoms with Crippen LogP contribution in [0.3, 0.4) is 0 Å². The van der Waals surface area contributed by atoms with Gasteiger partial charge in [0.15, 0.2) is 0 Å². The van der Waals surface area contributed by atoms with Crippen molar-refractivity contribution in [1.29, 1.82) is 0 Å². The second-order valence-corrected chi connectivity index (χ2v) is 5.52. The molecule has 102 valence electrons. The molecule has 0 saturated carbocycles. The van der Waals surface area contributed by atoms with Gasteiger partial charge in [0.25, 0.3) is 0 Å². The molecule has 2 unspecified atom stereocenters. The van der Waals surface area contributed by atoms with E-state index in [1.54, 1.807) is 23.7 Å². The Morgan fingerprint density at radius 3 is 2.35 bits per heavy atom. The van der Waals surface area contributed by atoms with Crippen LogP contribution in [0.5, 0.6) is 0 Å². The number of alkyl halides is 3. The van der Waals surface area contributed by atoms with Gasteiger partial charge in [0.1, 0.15) is 5.92 Å². The number of rotatable bonds is 7. The molecule has 0 amide bonds. The van der Waals surface area contributed by atoms with Crippen molar-refractivity contribution < 1.29 is 13.2 Å². The molecule has 7 heteroatoms. The van der Waals surface area contributed by atoms with Crippen LogP contribution in [0.1, 0.15) is 13.3 Å². The molecule has 17 heavy (non-hydrogen) atoms. The van der Waals surface area contributed by atoms with Gasteiger partial charge in [-0.05, 0) is 32.4 Å². The van der Waals surface area contributed by atoms with E-state index in [0.717, 1.165) is 12.2 Å². The summed E-state index contributed by atoms with van der Waals surface area (Å²) >= 11 is 6.16. The smallest absolute Gasteiger partial charge is 0.393 e. The lowest BCUT2D eigenvalue weighted by Crippen LogP contribution is -2.44. The molecule has 2 atom stereocenters. The van der Waals surface area contributed by atoms with Gasteiger partial charge in [-0.2, -0.15) is 24.9 Å². The summed E-state index contributed by atoms with van der Waals surface area (Å²) < 4.78 is 37.9. The SMILES string of the molecule is CSCCC(C)N(C)CC(C(N)=S)C(F)(F)F. The third kappa shape index (κ3) is 6.47. The van der Waals surface area contributed by atoms with E-state index < -0.39 is 17.1 Å². The van der Waals surface area contributed by atoms with Crippen molar-refractivity contribution >= 4 is 29.0 Å². The lowest BCUT2D eigenvalue weighted by molar-refractivity contribution is -0.159. The maximum atomic E-state index is 12.6. The predicted molar refractivity (Wildman–Crippen MR) is 71.4 cm³/mol. The van der Waals surface area contributed by atoms with Crippen LogP contribution in [0.25, 0.3) is 0 Å². The van der Waals surface area contributed by atoms with Gasteiger partial charge in [0.2, 0.25) is 0 Å². The van der Waals surface area contributed by atoms with Crippen LogP contribution in [-0.4, -0.2) is 47.7 Å². The minimum absolute atomic E-state index is 0.0849. The summed E-state index contributed by atoms with van der Waals surface area (Å²) in [6.07, 6.45) is -1.54. The van der Waals surface area contributed by atoms with E-state index in [2.05, 4.69) is 12.2 Å². The Balaban J connectivity index is 4.41. The Morgan fingerprint density at radius 1 is 1.47 bits per heavy atom. The van der Waals surface area contributed by atoms with Crippen molar-refractivity contribution in [2.45, 2.75) is 25.6 Å². The molecule has 0 bridgehead atoms. The highest BCUT2D eigenvalue weighted by molar-refractivity contribution is 7.98. The fourth-order valence-electron chi connectivity index (χ4n) is 1.33. The van der Waals surface area contributed by atoms with E-state index in [1.807, 2.05) is 13.2 Å². The second-order valence-electron chi connectivity index (χ2n) is 4.07. The summed E-state index contributed by atoms with van der Waals surface area (Å²) in [6, 6.07) is 0.0849. The number of nitrogens with zero attached hydrogens (tertiary/aromatic N) is 1. The van der Waals surface area contributed by atoms with Gasteiger partial charge in [-0.25, -0.2) is 0 Å². The molecule has 0 fully saturated rings. The minimum atomic E-state index is -4.36. The van der Waals surface area contributed by atoms with E-state index in [1.165, 1.54) is 0 Å². The molecule has 2 N–H and O–H groups in total. The molecule has 0 aromatic carbocycles. The molecule has 0 spiro atoms. The Labute approximate surface area is 110 Å². The molecule has 0 aromatic rings. The summed E-state index contributed by atoms with van der Waals surface area (Å²) in [5.41, 5.74) is 5.15. The molecule has 0 heterocycles. The van der Waals surface area contributed by atoms with E-state index >= 15 is 0 Å². The van der Waals surface area contributed by atoms with Gasteiger partial charge in [0.05, 0.1) is 4.99 Å². The number of nitrogens with two attached hydrogens (primary N) is 1. The van der Waals surface area contributed by atoms with Crippen molar-refractivity contribution in [2.75, 3.05) is 25.6 Å². The first-order valence-corrected chi connectivity index (χ1v) is 7.05. The quantitative estimate of drug-likeness (QED) is 0.729. The first-order chi connectivity index (χ1) is 7.70. The zero-order valence-corrected chi connectivity index (χ0v) is 11.9. The summed E-state index contributed by atoms with van der Waals surface area (Å²) in [5, 5.41) is 0. The minimum Gasteiger partial charge on any atom is -0.393 e. The molecule has 0 aliphatic rings. The average Bonchev–Trinajstić information content (AvgIpc) is 2.19. The van der Waals surface area contributed by atoms with Crippen molar-refractivity contribution in [2.24, 2.45) is 11.7 Å². The molecule has 0 aromatic heterocycles. The van der Waals surface area contributed by atoms with E-state index in [-0.39, 0.29) is 12.6 Å². The Hall–Kier alpha value is -0.0100. The van der Waals surface area contributed by atoms with E-state index in [0.29, 0.717) is 0 Å².